The van der Waals surface area contributed by atoms with Crippen LogP contribution in [0.25, 0.3) is 0 Å². The fraction of sp³-hybridized carbons (Fsp3) is 0.375. The fourth-order valence-electron chi connectivity index (χ4n) is 0.959. The van der Waals surface area contributed by atoms with E-state index in [1.54, 1.807) is 0 Å². The summed E-state index contributed by atoms with van der Waals surface area (Å²) >= 11 is 13.4. The number of ketones is 1. The molecule has 0 unspecified atom stereocenters. The number of Topliss-reactive ketones (excluding diaryl/α,β-unsaturated/α-hetero) is 1. The van der Waals surface area contributed by atoms with Gasteiger partial charge in [0.25, 0.3) is 0 Å². The average molecular weight is 438 g/mol. The molecule has 0 heterocycles. The van der Waals surface area contributed by atoms with Crippen LogP contribution in [0.2, 0.25) is 0 Å². The Hall–Kier alpha value is 1.07. The van der Waals surface area contributed by atoms with Crippen molar-refractivity contribution in [2.45, 2.75) is 10.7 Å². The normalized spacial score (nSPS) is 21.5. The van der Waals surface area contributed by atoms with Gasteiger partial charge in [0.05, 0.1) is 12.7 Å². The summed E-state index contributed by atoms with van der Waals surface area (Å²) in [5.41, 5.74) is -0.203. The maximum absolute atomic E-state index is 11.4. The van der Waals surface area contributed by atoms with Crippen LogP contribution >= 0.6 is 63.7 Å². The van der Waals surface area contributed by atoms with Crippen molar-refractivity contribution in [3.8, 4) is 0 Å². The highest BCUT2D eigenvalue weighted by Gasteiger charge is 2.32. The summed E-state index contributed by atoms with van der Waals surface area (Å²) in [6.45, 7) is 2.02. The molecule has 0 aliphatic heterocycles. The molecule has 0 saturated heterocycles. The van der Waals surface area contributed by atoms with Crippen molar-refractivity contribution in [1.82, 2.24) is 0 Å². The van der Waals surface area contributed by atoms with Gasteiger partial charge in [0.15, 0.2) is 0 Å². The maximum atomic E-state index is 11.4. The molecular weight excluding hydrogens is 432 g/mol. The molecule has 1 aliphatic rings. The smallest absolute Gasteiger partial charge is 0.206 e. The van der Waals surface area contributed by atoms with Crippen LogP contribution in [0.3, 0.4) is 0 Å². The first-order chi connectivity index (χ1) is 5.87. The van der Waals surface area contributed by atoms with Crippen LogP contribution in [0, 0.1) is 5.41 Å². The molecule has 72 valence electrons. The highest BCUT2D eigenvalue weighted by molar-refractivity contribution is 9.24. The topological polar surface area (TPSA) is 17.1 Å². The minimum Gasteiger partial charge on any atom is -0.287 e. The van der Waals surface area contributed by atoms with Gasteiger partial charge in [-0.15, -0.1) is 0 Å². The molecule has 1 aliphatic carbocycles. The second-order valence-electron chi connectivity index (χ2n) is 2.98. The number of halogens is 4. The Morgan fingerprint density at radius 3 is 1.92 bits per heavy atom. The standard InChI is InChI=1S/C8H6Br4O/c1-8(7(11)12)2-4(9)6(13)5(10)3-8/h2-3,7H,1H3. The Bertz CT molecular complexity index is 281. The van der Waals surface area contributed by atoms with Crippen LogP contribution in [0.1, 0.15) is 6.92 Å². The Labute approximate surface area is 111 Å². The van der Waals surface area contributed by atoms with Crippen LogP contribution < -0.4 is 0 Å². The molecule has 0 aromatic heterocycles. The second-order valence-corrected chi connectivity index (χ2v) is 7.75. The first-order valence-electron chi connectivity index (χ1n) is 3.46. The molecule has 0 aromatic rings. The monoisotopic (exact) mass is 434 g/mol. The summed E-state index contributed by atoms with van der Waals surface area (Å²) in [6, 6.07) is 0. The van der Waals surface area contributed by atoms with E-state index in [1.165, 1.54) is 0 Å². The van der Waals surface area contributed by atoms with E-state index in [0.717, 1.165) is 0 Å². The quantitative estimate of drug-likeness (QED) is 0.561. The number of hydrogen-bond donors (Lipinski definition) is 0. The van der Waals surface area contributed by atoms with Gasteiger partial charge in [-0.1, -0.05) is 50.9 Å². The van der Waals surface area contributed by atoms with Crippen LogP contribution in [0.5, 0.6) is 0 Å². The number of carbonyl (C=O) groups excluding carboxylic acids is 1. The van der Waals surface area contributed by atoms with Crippen molar-refractivity contribution >= 4 is 69.5 Å². The van der Waals surface area contributed by atoms with E-state index >= 15 is 0 Å². The second kappa shape index (κ2) is 4.29. The molecule has 0 aromatic carbocycles. The van der Waals surface area contributed by atoms with Gasteiger partial charge in [-0.2, -0.15) is 0 Å². The van der Waals surface area contributed by atoms with E-state index in [4.69, 9.17) is 0 Å². The highest BCUT2D eigenvalue weighted by atomic mass is 79.9. The molecule has 0 saturated carbocycles. The summed E-state index contributed by atoms with van der Waals surface area (Å²) in [7, 11) is 0. The molecule has 0 fully saturated rings. The van der Waals surface area contributed by atoms with Crippen molar-refractivity contribution in [1.29, 1.82) is 0 Å². The fourth-order valence-corrected chi connectivity index (χ4v) is 3.17. The maximum Gasteiger partial charge on any atom is 0.206 e. The van der Waals surface area contributed by atoms with Crippen molar-refractivity contribution in [3.05, 3.63) is 21.1 Å². The van der Waals surface area contributed by atoms with Gasteiger partial charge in [0.2, 0.25) is 5.78 Å². The summed E-state index contributed by atoms with van der Waals surface area (Å²) < 4.78 is 1.28. The molecule has 0 bridgehead atoms. The molecule has 0 atom stereocenters. The van der Waals surface area contributed by atoms with E-state index in [9.17, 15) is 4.79 Å². The first-order valence-corrected chi connectivity index (χ1v) is 6.88. The van der Waals surface area contributed by atoms with Crippen molar-refractivity contribution < 1.29 is 4.79 Å². The van der Waals surface area contributed by atoms with Crippen LogP contribution in [-0.4, -0.2) is 9.52 Å². The van der Waals surface area contributed by atoms with Gasteiger partial charge in [-0.05, 0) is 31.9 Å². The van der Waals surface area contributed by atoms with Crippen molar-refractivity contribution in [3.63, 3.8) is 0 Å². The number of allylic oxidation sites excluding steroid dienone is 4. The summed E-state index contributed by atoms with van der Waals surface area (Å²) in [5, 5.41) is 0. The Kier molecular flexibility index (Phi) is 4.01. The SMILES string of the molecule is CC1(C(Br)Br)C=C(Br)C(=O)C(Br)=C1. The van der Waals surface area contributed by atoms with Crippen LogP contribution in [0.15, 0.2) is 21.1 Å². The first kappa shape index (κ1) is 12.1. The zero-order chi connectivity index (χ0) is 10.2. The third-order valence-electron chi connectivity index (χ3n) is 1.78. The zero-order valence-corrected chi connectivity index (χ0v) is 13.0. The van der Waals surface area contributed by atoms with Crippen molar-refractivity contribution in [2.24, 2.45) is 5.41 Å². The van der Waals surface area contributed by atoms with Crippen LogP contribution in [-0.2, 0) is 4.79 Å². The van der Waals surface area contributed by atoms with E-state index in [-0.39, 0.29) is 14.9 Å². The Morgan fingerprint density at radius 1 is 1.23 bits per heavy atom. The number of carbonyl (C=O) groups is 1. The predicted molar refractivity (Wildman–Crippen MR) is 68.8 cm³/mol. The van der Waals surface area contributed by atoms with Gasteiger partial charge in [-0.25, -0.2) is 0 Å². The highest BCUT2D eigenvalue weighted by Crippen LogP contribution is 2.42. The average Bonchev–Trinajstić information content (AvgIpc) is 2.00. The molecule has 0 radical (unpaired) electrons. The summed E-state index contributed by atoms with van der Waals surface area (Å²) in [5.74, 6) is -0.0156. The van der Waals surface area contributed by atoms with E-state index < -0.39 is 0 Å². The molecule has 0 amide bonds. The lowest BCUT2D eigenvalue weighted by Crippen LogP contribution is -2.23. The Morgan fingerprint density at radius 2 is 1.62 bits per heavy atom. The van der Waals surface area contributed by atoms with Crippen LogP contribution in [0.4, 0.5) is 0 Å². The molecule has 0 N–H and O–H groups in total. The van der Waals surface area contributed by atoms with E-state index in [2.05, 4.69) is 63.7 Å². The largest absolute Gasteiger partial charge is 0.287 e. The van der Waals surface area contributed by atoms with E-state index in [1.807, 2.05) is 19.1 Å². The third-order valence-corrected chi connectivity index (χ3v) is 4.93. The van der Waals surface area contributed by atoms with Gasteiger partial charge in [-0.3, -0.25) is 4.79 Å². The summed E-state index contributed by atoms with van der Waals surface area (Å²) in [6.07, 6.45) is 3.77. The lowest BCUT2D eigenvalue weighted by molar-refractivity contribution is -0.111. The lowest BCUT2D eigenvalue weighted by atomic mass is 9.88. The zero-order valence-electron chi connectivity index (χ0n) is 6.65. The molecule has 0 spiro atoms. The van der Waals surface area contributed by atoms with Gasteiger partial charge in [0, 0.05) is 5.41 Å². The molecule has 5 heteroatoms. The molecule has 13 heavy (non-hydrogen) atoms. The Balaban J connectivity index is 3.12. The molecule has 1 nitrogen and oxygen atoms in total. The summed E-state index contributed by atoms with van der Waals surface area (Å²) in [4.78, 5) is 11.4. The van der Waals surface area contributed by atoms with Gasteiger partial charge in [0.1, 0.15) is 0 Å². The minimum atomic E-state index is -0.203. The minimum absolute atomic E-state index is 0.0156. The number of rotatable bonds is 1. The predicted octanol–water partition coefficient (Wildman–Crippen LogP) is 4.25. The van der Waals surface area contributed by atoms with Gasteiger partial charge < -0.3 is 0 Å². The molecule has 1 rings (SSSR count). The number of alkyl halides is 2. The molecular formula is C8H6Br4O. The van der Waals surface area contributed by atoms with Gasteiger partial charge >= 0.3 is 0 Å². The van der Waals surface area contributed by atoms with E-state index in [0.29, 0.717) is 8.96 Å². The third kappa shape index (κ3) is 2.55. The van der Waals surface area contributed by atoms with Crippen molar-refractivity contribution in [2.75, 3.05) is 0 Å². The lowest BCUT2D eigenvalue weighted by Gasteiger charge is -2.27. The number of hydrogen-bond acceptors (Lipinski definition) is 1.